The lowest BCUT2D eigenvalue weighted by Gasteiger charge is -2.28. The molecule has 306 valence electrons. The third-order valence-electron chi connectivity index (χ3n) is 11.0. The molecule has 1 saturated carbocycles. The molecule has 2 heterocycles. The van der Waals surface area contributed by atoms with Gasteiger partial charge in [-0.15, -0.1) is 0 Å². The fraction of sp³-hybridized carbons (Fsp3) is 0.400. The van der Waals surface area contributed by atoms with Gasteiger partial charge in [-0.3, -0.25) is 14.5 Å². The summed E-state index contributed by atoms with van der Waals surface area (Å²) >= 11 is 0. The maximum absolute atomic E-state index is 14.2. The minimum Gasteiger partial charge on any atom is -0.497 e. The summed E-state index contributed by atoms with van der Waals surface area (Å²) in [4.78, 5) is 43.3. The number of benzene rings is 4. The lowest BCUT2D eigenvalue weighted by Crippen LogP contribution is -2.50. The normalized spacial score (nSPS) is 23.8. The first-order valence-corrected chi connectivity index (χ1v) is 21.4. The summed E-state index contributed by atoms with van der Waals surface area (Å²) in [6, 6.07) is 25.2. The zero-order valence-electron chi connectivity index (χ0n) is 33.5. The number of anilines is 1. The number of likely N-dealkylation sites (tertiary alicyclic amines) is 1. The van der Waals surface area contributed by atoms with Crippen LogP contribution in [0.25, 0.3) is 21.9 Å². The second kappa shape index (κ2) is 16.7. The van der Waals surface area contributed by atoms with Crippen molar-refractivity contribution < 1.29 is 37.0 Å². The van der Waals surface area contributed by atoms with E-state index in [1.165, 1.54) is 11.0 Å². The summed E-state index contributed by atoms with van der Waals surface area (Å²) in [5, 5.41) is 7.90. The molecule has 0 aromatic heterocycles. The van der Waals surface area contributed by atoms with Gasteiger partial charge in [-0.25, -0.2) is 17.9 Å². The van der Waals surface area contributed by atoms with Crippen molar-refractivity contribution in [3.63, 3.8) is 0 Å². The molecule has 4 aromatic rings. The number of nitrogens with zero attached hydrogens (tertiary/aromatic N) is 1. The molecule has 58 heavy (non-hydrogen) atoms. The standard InChI is InChI=1S/C45H52N4O8S/c1-44(2,3)57-43(52)49-28-35(56-39-25-31(30-15-9-8-10-16-30)23-32-24-34(55-4)20-21-36(32)39)26-38(49)41(50)47-29-45-27-33(45)17-11-6-5-7-14-22-46-37-18-12-13-19-40(37)58(53,54)48-42(45)51/h8-13,15-21,23-25,33,35,38,46H,5-7,14,22,26-29H2,1-4H3,(H,47,50)(H,48,51)/b17-11-/t33-,35?,38+,45-/m1/s1. The Morgan fingerprint density at radius 3 is 2.50 bits per heavy atom. The molecule has 1 saturated heterocycles. The number of hydrogen-bond donors (Lipinski definition) is 3. The van der Waals surface area contributed by atoms with Gasteiger partial charge in [0.25, 0.3) is 10.0 Å². The van der Waals surface area contributed by atoms with E-state index in [0.29, 0.717) is 30.2 Å². The largest absolute Gasteiger partial charge is 0.497 e. The van der Waals surface area contributed by atoms with Crippen molar-refractivity contribution in [1.29, 1.82) is 0 Å². The lowest BCUT2D eigenvalue weighted by atomic mass is 10.00. The summed E-state index contributed by atoms with van der Waals surface area (Å²) in [6.45, 7) is 5.82. The summed E-state index contributed by atoms with van der Waals surface area (Å²) in [5.74, 6) is -0.181. The van der Waals surface area contributed by atoms with Crippen molar-refractivity contribution in [3.05, 3.63) is 97.1 Å². The van der Waals surface area contributed by atoms with Crippen LogP contribution in [0.15, 0.2) is 102 Å². The van der Waals surface area contributed by atoms with Gasteiger partial charge < -0.3 is 24.8 Å². The molecule has 3 aliphatic rings. The van der Waals surface area contributed by atoms with E-state index in [2.05, 4.69) is 21.4 Å². The van der Waals surface area contributed by atoms with E-state index in [0.717, 1.165) is 47.6 Å². The maximum Gasteiger partial charge on any atom is 0.411 e. The summed E-state index contributed by atoms with van der Waals surface area (Å²) in [5.41, 5.74) is 0.314. The number of carbonyl (C=O) groups is 3. The van der Waals surface area contributed by atoms with E-state index in [4.69, 9.17) is 14.2 Å². The topological polar surface area (TPSA) is 152 Å². The van der Waals surface area contributed by atoms with Gasteiger partial charge in [0, 0.05) is 24.9 Å². The number of rotatable bonds is 7. The molecule has 3 amide bonds. The first kappa shape index (κ1) is 40.6. The van der Waals surface area contributed by atoms with Crippen LogP contribution in [0.1, 0.15) is 59.3 Å². The molecule has 3 N–H and O–H groups in total. The average molecular weight is 809 g/mol. The van der Waals surface area contributed by atoms with Crippen LogP contribution < -0.4 is 24.8 Å². The summed E-state index contributed by atoms with van der Waals surface area (Å²) in [6.07, 6.45) is 6.84. The second-order valence-corrected chi connectivity index (χ2v) is 18.0. The Bertz CT molecular complexity index is 2310. The van der Waals surface area contributed by atoms with Gasteiger partial charge >= 0.3 is 6.09 Å². The Balaban J connectivity index is 1.14. The molecule has 2 fully saturated rings. The van der Waals surface area contributed by atoms with E-state index in [1.807, 2.05) is 66.7 Å². The number of carbonyl (C=O) groups excluding carboxylic acids is 3. The van der Waals surface area contributed by atoms with Gasteiger partial charge in [0.15, 0.2) is 0 Å². The highest BCUT2D eigenvalue weighted by atomic mass is 32.2. The van der Waals surface area contributed by atoms with Gasteiger partial charge in [0.1, 0.15) is 34.1 Å². The third kappa shape index (κ3) is 9.09. The molecular formula is C45H52N4O8S. The highest BCUT2D eigenvalue weighted by molar-refractivity contribution is 7.90. The highest BCUT2D eigenvalue weighted by Gasteiger charge is 2.60. The Morgan fingerprint density at radius 2 is 1.72 bits per heavy atom. The molecule has 0 radical (unpaired) electrons. The number of para-hydroxylation sites is 1. The predicted octanol–water partition coefficient (Wildman–Crippen LogP) is 7.44. The van der Waals surface area contributed by atoms with Crippen LogP contribution >= 0.6 is 0 Å². The fourth-order valence-corrected chi connectivity index (χ4v) is 9.08. The summed E-state index contributed by atoms with van der Waals surface area (Å²) in [7, 11) is -2.64. The van der Waals surface area contributed by atoms with Crippen LogP contribution in [0.3, 0.4) is 0 Å². The zero-order valence-corrected chi connectivity index (χ0v) is 34.3. The molecule has 0 bridgehead atoms. The highest BCUT2D eigenvalue weighted by Crippen LogP contribution is 2.54. The molecule has 2 aliphatic heterocycles. The van der Waals surface area contributed by atoms with Crippen LogP contribution in [-0.2, 0) is 24.3 Å². The monoisotopic (exact) mass is 808 g/mol. The Morgan fingerprint density at radius 1 is 0.948 bits per heavy atom. The Kier molecular flexibility index (Phi) is 11.7. The smallest absolute Gasteiger partial charge is 0.411 e. The van der Waals surface area contributed by atoms with Crippen molar-refractivity contribution in [3.8, 4) is 22.6 Å². The van der Waals surface area contributed by atoms with E-state index < -0.39 is 51.1 Å². The number of fused-ring (bicyclic) bond motifs is 3. The maximum atomic E-state index is 14.2. The zero-order chi connectivity index (χ0) is 41.1. The van der Waals surface area contributed by atoms with E-state index >= 15 is 0 Å². The quantitative estimate of drug-likeness (QED) is 0.162. The van der Waals surface area contributed by atoms with E-state index in [9.17, 15) is 22.8 Å². The SMILES string of the molecule is COc1ccc2c(OC3C[C@@H](C(=O)NC[C@]45C[C@H]4/C=C\CCCCCNc4ccccc4S(=O)(=O)NC5=O)N(C(=O)OC(C)(C)C)C3)cc(-c3ccccc3)cc2c1. The predicted molar refractivity (Wildman–Crippen MR) is 223 cm³/mol. The molecular weight excluding hydrogens is 757 g/mol. The number of hydrogen-bond acceptors (Lipinski definition) is 9. The van der Waals surface area contributed by atoms with Crippen LogP contribution in [0, 0.1) is 11.3 Å². The van der Waals surface area contributed by atoms with Crippen molar-refractivity contribution in [1.82, 2.24) is 14.9 Å². The van der Waals surface area contributed by atoms with Gasteiger partial charge in [0.05, 0.1) is 24.8 Å². The third-order valence-corrected chi connectivity index (χ3v) is 12.4. The van der Waals surface area contributed by atoms with Gasteiger partial charge in [-0.05, 0) is 111 Å². The van der Waals surface area contributed by atoms with Crippen LogP contribution in [0.4, 0.5) is 10.5 Å². The Labute approximate surface area is 340 Å². The average Bonchev–Trinajstić information content (AvgIpc) is 3.75. The number of sulfonamides is 1. The lowest BCUT2D eigenvalue weighted by molar-refractivity contribution is -0.127. The van der Waals surface area contributed by atoms with Crippen molar-refractivity contribution in [2.24, 2.45) is 11.3 Å². The number of amides is 3. The van der Waals surface area contributed by atoms with Crippen molar-refractivity contribution >= 4 is 44.4 Å². The number of nitrogens with one attached hydrogen (secondary N) is 3. The Hall–Kier alpha value is -5.56. The molecule has 13 heteroatoms. The number of methoxy groups -OCH3 is 1. The molecule has 1 aliphatic carbocycles. The van der Waals surface area contributed by atoms with Gasteiger partial charge in [0.2, 0.25) is 11.8 Å². The van der Waals surface area contributed by atoms with E-state index in [1.54, 1.807) is 46.1 Å². The molecule has 1 unspecified atom stereocenters. The molecule has 12 nitrogen and oxygen atoms in total. The fourth-order valence-electron chi connectivity index (χ4n) is 7.83. The van der Waals surface area contributed by atoms with E-state index in [-0.39, 0.29) is 30.3 Å². The molecule has 4 aromatic carbocycles. The summed E-state index contributed by atoms with van der Waals surface area (Å²) < 4.78 is 47.6. The van der Waals surface area contributed by atoms with Gasteiger partial charge in [-0.2, -0.15) is 0 Å². The first-order chi connectivity index (χ1) is 27.8. The minimum atomic E-state index is -4.25. The first-order valence-electron chi connectivity index (χ1n) is 19.9. The number of allylic oxidation sites excluding steroid dienone is 2. The van der Waals surface area contributed by atoms with Crippen LogP contribution in [-0.4, -0.2) is 75.7 Å². The van der Waals surface area contributed by atoms with Crippen molar-refractivity contribution in [2.45, 2.75) is 81.9 Å². The van der Waals surface area contributed by atoms with Crippen molar-refractivity contribution in [2.75, 3.05) is 32.1 Å². The number of ether oxygens (including phenoxy) is 3. The molecule has 0 spiro atoms. The van der Waals surface area contributed by atoms with Crippen LogP contribution in [0.2, 0.25) is 0 Å². The van der Waals surface area contributed by atoms with Crippen LogP contribution in [0.5, 0.6) is 11.5 Å². The molecule has 7 rings (SSSR count). The van der Waals surface area contributed by atoms with Gasteiger partial charge in [-0.1, -0.05) is 61.0 Å². The minimum absolute atomic E-state index is 0.0172. The molecule has 4 atom stereocenters. The second-order valence-electron chi connectivity index (χ2n) is 16.4.